The first-order chi connectivity index (χ1) is 9.07. The Kier molecular flexibility index (Phi) is 4.83. The predicted octanol–water partition coefficient (Wildman–Crippen LogP) is -0.288. The Bertz CT molecular complexity index is 468. The number of nitrogens with one attached hydrogen (secondary N) is 3. The van der Waals surface area contributed by atoms with Crippen LogP contribution in [-0.2, 0) is 10.0 Å². The maximum Gasteiger partial charge on any atom is 0.212 e. The van der Waals surface area contributed by atoms with Crippen LogP contribution in [0.2, 0.25) is 0 Å². The van der Waals surface area contributed by atoms with E-state index in [1.54, 1.807) is 6.92 Å². The lowest BCUT2D eigenvalue weighted by Gasteiger charge is -2.23. The van der Waals surface area contributed by atoms with Gasteiger partial charge >= 0.3 is 0 Å². The molecule has 0 saturated carbocycles. The Morgan fingerprint density at radius 3 is 2.95 bits per heavy atom. The number of hydrogen-bond donors (Lipinski definition) is 3. The van der Waals surface area contributed by atoms with Gasteiger partial charge in [-0.2, -0.15) is 5.21 Å². The van der Waals surface area contributed by atoms with Crippen LogP contribution in [0.3, 0.4) is 0 Å². The molecule has 0 bridgehead atoms. The van der Waals surface area contributed by atoms with E-state index in [2.05, 4.69) is 30.7 Å². The Hall–Kier alpha value is -1.06. The van der Waals surface area contributed by atoms with E-state index in [-0.39, 0.29) is 5.75 Å². The first-order valence-electron chi connectivity index (χ1n) is 6.53. The van der Waals surface area contributed by atoms with E-state index in [1.807, 2.05) is 0 Å². The van der Waals surface area contributed by atoms with Crippen LogP contribution < -0.4 is 10.0 Å². The standard InChI is InChI=1S/C10H20N6O2S/c1-8(10-12-15-16-13-10)14-19(17,18)7-5-9-4-2-3-6-11-9/h8-9,11,14H,2-7H2,1H3,(H,12,13,15,16). The first-order valence-corrected chi connectivity index (χ1v) is 8.19. The van der Waals surface area contributed by atoms with Gasteiger partial charge in [0.05, 0.1) is 11.8 Å². The molecular formula is C10H20N6O2S. The van der Waals surface area contributed by atoms with E-state index in [4.69, 9.17) is 0 Å². The highest BCUT2D eigenvalue weighted by Crippen LogP contribution is 2.12. The summed E-state index contributed by atoms with van der Waals surface area (Å²) in [4.78, 5) is 0. The summed E-state index contributed by atoms with van der Waals surface area (Å²) < 4.78 is 26.5. The highest BCUT2D eigenvalue weighted by molar-refractivity contribution is 7.89. The molecule has 1 aromatic heterocycles. The molecule has 0 amide bonds. The Morgan fingerprint density at radius 1 is 1.47 bits per heavy atom. The number of tetrazole rings is 1. The van der Waals surface area contributed by atoms with Gasteiger partial charge in [0.2, 0.25) is 10.0 Å². The van der Waals surface area contributed by atoms with Crippen molar-refractivity contribution in [2.45, 2.75) is 44.7 Å². The maximum atomic E-state index is 12.0. The summed E-state index contributed by atoms with van der Waals surface area (Å²) in [5, 5.41) is 16.6. The summed E-state index contributed by atoms with van der Waals surface area (Å²) in [6.07, 6.45) is 4.03. The van der Waals surface area contributed by atoms with Crippen molar-refractivity contribution in [2.75, 3.05) is 12.3 Å². The van der Waals surface area contributed by atoms with Crippen LogP contribution in [-0.4, -0.2) is 47.4 Å². The van der Waals surface area contributed by atoms with Crippen LogP contribution >= 0.6 is 0 Å². The van der Waals surface area contributed by atoms with Gasteiger partial charge in [-0.05, 0) is 32.7 Å². The van der Waals surface area contributed by atoms with E-state index in [9.17, 15) is 8.42 Å². The van der Waals surface area contributed by atoms with E-state index in [0.717, 1.165) is 13.0 Å². The van der Waals surface area contributed by atoms with Crippen molar-refractivity contribution in [2.24, 2.45) is 0 Å². The lowest BCUT2D eigenvalue weighted by atomic mass is 10.0. The number of sulfonamides is 1. The summed E-state index contributed by atoms with van der Waals surface area (Å²) in [6.45, 7) is 2.68. The van der Waals surface area contributed by atoms with Crippen LogP contribution in [0.5, 0.6) is 0 Å². The monoisotopic (exact) mass is 288 g/mol. The summed E-state index contributed by atoms with van der Waals surface area (Å²) in [5.41, 5.74) is 0. The van der Waals surface area contributed by atoms with Crippen LogP contribution in [0.25, 0.3) is 0 Å². The first kappa shape index (κ1) is 14.4. The normalized spacial score (nSPS) is 22.3. The zero-order valence-corrected chi connectivity index (χ0v) is 11.8. The Labute approximate surface area is 112 Å². The Morgan fingerprint density at radius 2 is 2.32 bits per heavy atom. The van der Waals surface area contributed by atoms with Crippen LogP contribution in [0.4, 0.5) is 0 Å². The summed E-state index contributed by atoms with van der Waals surface area (Å²) >= 11 is 0. The number of aromatic nitrogens is 4. The molecule has 2 heterocycles. The number of rotatable bonds is 6. The molecule has 8 nitrogen and oxygen atoms in total. The van der Waals surface area contributed by atoms with Gasteiger partial charge in [-0.3, -0.25) is 0 Å². The van der Waals surface area contributed by atoms with Crippen molar-refractivity contribution >= 4 is 10.0 Å². The second-order valence-corrected chi connectivity index (χ2v) is 6.74. The molecule has 19 heavy (non-hydrogen) atoms. The molecule has 1 saturated heterocycles. The molecule has 3 N–H and O–H groups in total. The average molecular weight is 288 g/mol. The van der Waals surface area contributed by atoms with Crippen molar-refractivity contribution in [1.82, 2.24) is 30.7 Å². The van der Waals surface area contributed by atoms with Gasteiger partial charge in [0.1, 0.15) is 0 Å². The number of H-pyrrole nitrogens is 1. The fourth-order valence-corrected chi connectivity index (χ4v) is 3.56. The molecule has 0 aliphatic carbocycles. The van der Waals surface area contributed by atoms with E-state index in [0.29, 0.717) is 18.3 Å². The summed E-state index contributed by atoms with van der Waals surface area (Å²) in [6, 6.07) is -0.158. The number of aromatic amines is 1. The predicted molar refractivity (Wildman–Crippen MR) is 69.8 cm³/mol. The molecule has 9 heteroatoms. The van der Waals surface area contributed by atoms with Gasteiger partial charge in [-0.25, -0.2) is 13.1 Å². The van der Waals surface area contributed by atoms with Crippen molar-refractivity contribution in [3.63, 3.8) is 0 Å². The largest absolute Gasteiger partial charge is 0.314 e. The second kappa shape index (κ2) is 6.40. The molecule has 108 valence electrons. The van der Waals surface area contributed by atoms with E-state index < -0.39 is 16.1 Å². The van der Waals surface area contributed by atoms with Crippen molar-refractivity contribution in [1.29, 1.82) is 0 Å². The van der Waals surface area contributed by atoms with Crippen LogP contribution in [0, 0.1) is 0 Å². The molecular weight excluding hydrogens is 268 g/mol. The SMILES string of the molecule is CC(NS(=O)(=O)CCC1CCCCN1)c1nn[nH]n1. The summed E-state index contributed by atoms with van der Waals surface area (Å²) in [5.74, 6) is 0.465. The van der Waals surface area contributed by atoms with Gasteiger partial charge in [-0.1, -0.05) is 11.6 Å². The number of nitrogens with zero attached hydrogens (tertiary/aromatic N) is 3. The van der Waals surface area contributed by atoms with E-state index in [1.165, 1.54) is 12.8 Å². The summed E-state index contributed by atoms with van der Waals surface area (Å²) in [7, 11) is -3.32. The second-order valence-electron chi connectivity index (χ2n) is 4.86. The highest BCUT2D eigenvalue weighted by atomic mass is 32.2. The molecule has 2 unspecified atom stereocenters. The van der Waals surface area contributed by atoms with Crippen LogP contribution in [0.15, 0.2) is 0 Å². The van der Waals surface area contributed by atoms with Gasteiger partial charge in [-0.15, -0.1) is 10.2 Å². The third-order valence-corrected chi connectivity index (χ3v) is 4.74. The zero-order chi connectivity index (χ0) is 13.7. The average Bonchev–Trinajstić information content (AvgIpc) is 2.91. The van der Waals surface area contributed by atoms with Crippen LogP contribution in [0.1, 0.15) is 44.5 Å². The van der Waals surface area contributed by atoms with Crippen molar-refractivity contribution < 1.29 is 8.42 Å². The topological polar surface area (TPSA) is 113 Å². The molecule has 1 fully saturated rings. The smallest absolute Gasteiger partial charge is 0.212 e. The maximum absolute atomic E-state index is 12.0. The molecule has 1 aliphatic rings. The fraction of sp³-hybridized carbons (Fsp3) is 0.900. The van der Waals surface area contributed by atoms with Crippen molar-refractivity contribution in [3.05, 3.63) is 5.82 Å². The molecule has 2 atom stereocenters. The molecule has 2 rings (SSSR count). The third kappa shape index (κ3) is 4.51. The minimum absolute atomic E-state index is 0.118. The minimum Gasteiger partial charge on any atom is -0.314 e. The minimum atomic E-state index is -3.32. The fourth-order valence-electron chi connectivity index (χ4n) is 2.20. The van der Waals surface area contributed by atoms with Gasteiger partial charge in [0.15, 0.2) is 5.82 Å². The number of piperidine rings is 1. The molecule has 1 aromatic rings. The lowest BCUT2D eigenvalue weighted by Crippen LogP contribution is -2.37. The Balaban J connectivity index is 1.81. The molecule has 0 radical (unpaired) electrons. The molecule has 0 spiro atoms. The molecule has 1 aliphatic heterocycles. The third-order valence-electron chi connectivity index (χ3n) is 3.25. The zero-order valence-electron chi connectivity index (χ0n) is 11.0. The van der Waals surface area contributed by atoms with E-state index >= 15 is 0 Å². The quantitative estimate of drug-likeness (QED) is 0.663. The van der Waals surface area contributed by atoms with Gasteiger partial charge < -0.3 is 5.32 Å². The van der Waals surface area contributed by atoms with Gasteiger partial charge in [0.25, 0.3) is 0 Å². The number of hydrogen-bond acceptors (Lipinski definition) is 6. The van der Waals surface area contributed by atoms with Gasteiger partial charge in [0, 0.05) is 6.04 Å². The van der Waals surface area contributed by atoms with Crippen molar-refractivity contribution in [3.8, 4) is 0 Å². The highest BCUT2D eigenvalue weighted by Gasteiger charge is 2.21. The lowest BCUT2D eigenvalue weighted by molar-refractivity contribution is 0.392. The molecule has 0 aromatic carbocycles.